The Bertz CT molecular complexity index is 448. The quantitative estimate of drug-likeness (QED) is 0.836. The highest BCUT2D eigenvalue weighted by atomic mass is 35.5. The lowest BCUT2D eigenvalue weighted by atomic mass is 10.2. The van der Waals surface area contributed by atoms with Crippen LogP contribution in [0.4, 0.5) is 0 Å². The van der Waals surface area contributed by atoms with Crippen LogP contribution in [0.2, 0.25) is 5.02 Å². The van der Waals surface area contributed by atoms with Gasteiger partial charge in [-0.2, -0.15) is 0 Å². The third kappa shape index (κ3) is 3.85. The molecule has 1 fully saturated rings. The predicted molar refractivity (Wildman–Crippen MR) is 73.8 cm³/mol. The first-order valence-electron chi connectivity index (χ1n) is 6.45. The fourth-order valence-electron chi connectivity index (χ4n) is 2.06. The smallest absolute Gasteiger partial charge is 0.320 e. The number of carbonyl (C=O) groups is 1. The summed E-state index contributed by atoms with van der Waals surface area (Å²) in [5, 5.41) is 9.66. The number of carboxylic acid groups (broad SMARTS) is 1. The van der Waals surface area contributed by atoms with Crippen LogP contribution < -0.4 is 4.74 Å². The highest BCUT2D eigenvalue weighted by molar-refractivity contribution is 6.32. The number of benzene rings is 1. The molecule has 0 saturated heterocycles. The molecule has 0 radical (unpaired) electrons. The second kappa shape index (κ2) is 6.26. The van der Waals surface area contributed by atoms with Crippen molar-refractivity contribution < 1.29 is 14.6 Å². The van der Waals surface area contributed by atoms with Crippen molar-refractivity contribution in [1.82, 2.24) is 4.90 Å². The second-order valence-electron chi connectivity index (χ2n) is 4.76. The number of halogens is 1. The van der Waals surface area contributed by atoms with Gasteiger partial charge in [0.05, 0.1) is 5.02 Å². The van der Waals surface area contributed by atoms with Crippen LogP contribution in [0, 0.1) is 0 Å². The summed E-state index contributed by atoms with van der Waals surface area (Å²) in [5.74, 6) is -0.146. The molecule has 104 valence electrons. The van der Waals surface area contributed by atoms with E-state index in [4.69, 9.17) is 21.4 Å². The zero-order valence-corrected chi connectivity index (χ0v) is 11.6. The molecule has 1 aromatic carbocycles. The summed E-state index contributed by atoms with van der Waals surface area (Å²) in [6, 6.07) is 7.21. The number of rotatable bonds is 7. The summed E-state index contributed by atoms with van der Waals surface area (Å²) in [4.78, 5) is 13.0. The van der Waals surface area contributed by atoms with Crippen LogP contribution in [0.15, 0.2) is 24.3 Å². The van der Waals surface area contributed by atoms with Crippen molar-refractivity contribution in [1.29, 1.82) is 0 Å². The molecule has 2 rings (SSSR count). The SMILES string of the molecule is CC(C(=O)O)N(CCOc1ccccc1Cl)C1CC1. The van der Waals surface area contributed by atoms with Crippen LogP contribution in [0.1, 0.15) is 19.8 Å². The molecule has 1 aromatic rings. The van der Waals surface area contributed by atoms with Gasteiger partial charge < -0.3 is 9.84 Å². The minimum absolute atomic E-state index is 0.390. The Morgan fingerprint density at radius 1 is 1.53 bits per heavy atom. The standard InChI is InChI=1S/C14H18ClNO3/c1-10(14(17)18)16(11-6-7-11)8-9-19-13-5-3-2-4-12(13)15/h2-5,10-11H,6-9H2,1H3,(H,17,18). The molecule has 0 spiro atoms. The van der Waals surface area contributed by atoms with Crippen molar-refractivity contribution >= 4 is 17.6 Å². The molecular weight excluding hydrogens is 266 g/mol. The minimum atomic E-state index is -0.787. The normalized spacial score (nSPS) is 16.4. The molecular formula is C14H18ClNO3. The number of aliphatic carboxylic acids is 1. The average molecular weight is 284 g/mol. The third-order valence-electron chi connectivity index (χ3n) is 3.31. The number of hydrogen-bond acceptors (Lipinski definition) is 3. The lowest BCUT2D eigenvalue weighted by molar-refractivity contribution is -0.143. The van der Waals surface area contributed by atoms with E-state index < -0.39 is 12.0 Å². The molecule has 1 unspecified atom stereocenters. The summed E-state index contributed by atoms with van der Waals surface area (Å²) in [7, 11) is 0. The monoisotopic (exact) mass is 283 g/mol. The molecule has 4 nitrogen and oxygen atoms in total. The first-order valence-corrected chi connectivity index (χ1v) is 6.83. The molecule has 1 N–H and O–H groups in total. The largest absolute Gasteiger partial charge is 0.491 e. The van der Waals surface area contributed by atoms with Crippen molar-refractivity contribution in [2.24, 2.45) is 0 Å². The molecule has 1 atom stereocenters. The topological polar surface area (TPSA) is 49.8 Å². The minimum Gasteiger partial charge on any atom is -0.491 e. The molecule has 1 aliphatic carbocycles. The number of carboxylic acids is 1. The van der Waals surface area contributed by atoms with Crippen molar-refractivity contribution in [3.8, 4) is 5.75 Å². The van der Waals surface area contributed by atoms with Gasteiger partial charge in [-0.1, -0.05) is 23.7 Å². The highest BCUT2D eigenvalue weighted by Crippen LogP contribution is 2.29. The van der Waals surface area contributed by atoms with Crippen LogP contribution in [-0.2, 0) is 4.79 Å². The van der Waals surface area contributed by atoms with Crippen LogP contribution in [-0.4, -0.2) is 41.2 Å². The zero-order valence-electron chi connectivity index (χ0n) is 10.9. The molecule has 0 bridgehead atoms. The van der Waals surface area contributed by atoms with Gasteiger partial charge in [-0.3, -0.25) is 9.69 Å². The molecule has 19 heavy (non-hydrogen) atoms. The number of nitrogens with zero attached hydrogens (tertiary/aromatic N) is 1. The molecule has 5 heteroatoms. The van der Waals surface area contributed by atoms with Gasteiger partial charge in [-0.15, -0.1) is 0 Å². The van der Waals surface area contributed by atoms with Gasteiger partial charge in [0.15, 0.2) is 0 Å². The van der Waals surface area contributed by atoms with E-state index in [-0.39, 0.29) is 0 Å². The Kier molecular flexibility index (Phi) is 4.66. The van der Waals surface area contributed by atoms with Crippen LogP contribution >= 0.6 is 11.6 Å². The van der Waals surface area contributed by atoms with Crippen molar-refractivity contribution in [3.63, 3.8) is 0 Å². The zero-order chi connectivity index (χ0) is 13.8. The van der Waals surface area contributed by atoms with Gasteiger partial charge in [0.1, 0.15) is 18.4 Å². The summed E-state index contributed by atoms with van der Waals surface area (Å²) in [5.41, 5.74) is 0. The second-order valence-corrected chi connectivity index (χ2v) is 5.17. The van der Waals surface area contributed by atoms with Crippen molar-refractivity contribution in [2.75, 3.05) is 13.2 Å². The number of hydrogen-bond donors (Lipinski definition) is 1. The predicted octanol–water partition coefficient (Wildman–Crippen LogP) is 2.66. The Morgan fingerprint density at radius 2 is 2.21 bits per heavy atom. The maximum absolute atomic E-state index is 11.1. The van der Waals surface area contributed by atoms with Crippen LogP contribution in [0.5, 0.6) is 5.75 Å². The molecule has 1 aliphatic rings. The summed E-state index contributed by atoms with van der Waals surface area (Å²) >= 11 is 5.99. The first-order chi connectivity index (χ1) is 9.09. The maximum Gasteiger partial charge on any atom is 0.320 e. The van der Waals surface area contributed by atoms with Crippen molar-refractivity contribution in [3.05, 3.63) is 29.3 Å². The van der Waals surface area contributed by atoms with E-state index in [0.717, 1.165) is 12.8 Å². The molecule has 0 aromatic heterocycles. The van der Waals surface area contributed by atoms with Crippen LogP contribution in [0.25, 0.3) is 0 Å². The lowest BCUT2D eigenvalue weighted by Crippen LogP contribution is -2.42. The average Bonchev–Trinajstić information content (AvgIpc) is 3.20. The Labute approximate surface area is 117 Å². The van der Waals surface area contributed by atoms with E-state index in [1.165, 1.54) is 0 Å². The first kappa shape index (κ1) is 14.2. The Balaban J connectivity index is 1.86. The molecule has 0 heterocycles. The van der Waals surface area contributed by atoms with Gasteiger partial charge in [0.2, 0.25) is 0 Å². The Morgan fingerprint density at radius 3 is 2.79 bits per heavy atom. The fraction of sp³-hybridized carbons (Fsp3) is 0.500. The molecule has 0 amide bonds. The summed E-state index contributed by atoms with van der Waals surface area (Å²) in [6.07, 6.45) is 2.15. The highest BCUT2D eigenvalue weighted by Gasteiger charge is 2.34. The van der Waals surface area contributed by atoms with E-state index >= 15 is 0 Å². The fourth-order valence-corrected chi connectivity index (χ4v) is 2.25. The maximum atomic E-state index is 11.1. The molecule has 1 saturated carbocycles. The lowest BCUT2D eigenvalue weighted by Gasteiger charge is -2.26. The molecule has 0 aliphatic heterocycles. The van der Waals surface area contributed by atoms with Crippen molar-refractivity contribution in [2.45, 2.75) is 31.8 Å². The van der Waals surface area contributed by atoms with Gasteiger partial charge in [-0.25, -0.2) is 0 Å². The third-order valence-corrected chi connectivity index (χ3v) is 3.63. The van der Waals surface area contributed by atoms with Gasteiger partial charge in [-0.05, 0) is 31.9 Å². The van der Waals surface area contributed by atoms with Gasteiger partial charge >= 0.3 is 5.97 Å². The number of para-hydroxylation sites is 1. The van der Waals surface area contributed by atoms with Crippen LogP contribution in [0.3, 0.4) is 0 Å². The van der Waals surface area contributed by atoms with Gasteiger partial charge in [0.25, 0.3) is 0 Å². The van der Waals surface area contributed by atoms with E-state index in [2.05, 4.69) is 0 Å². The summed E-state index contributed by atoms with van der Waals surface area (Å²) < 4.78 is 5.61. The van der Waals surface area contributed by atoms with E-state index in [1.54, 1.807) is 13.0 Å². The van der Waals surface area contributed by atoms with E-state index in [9.17, 15) is 4.79 Å². The van der Waals surface area contributed by atoms with E-state index in [0.29, 0.717) is 30.0 Å². The number of ether oxygens (including phenoxy) is 1. The van der Waals surface area contributed by atoms with E-state index in [1.807, 2.05) is 23.1 Å². The Hall–Kier alpha value is -1.26. The van der Waals surface area contributed by atoms with Gasteiger partial charge in [0, 0.05) is 12.6 Å². The summed E-state index contributed by atoms with van der Waals surface area (Å²) in [6.45, 7) is 2.76.